The molecule has 1 amide bonds. The van der Waals surface area contributed by atoms with Gasteiger partial charge in [-0.3, -0.25) is 0 Å². The first kappa shape index (κ1) is 13.9. The van der Waals surface area contributed by atoms with Gasteiger partial charge in [-0.2, -0.15) is 0 Å². The Labute approximate surface area is 111 Å². The van der Waals surface area contributed by atoms with E-state index in [1.165, 1.54) is 4.90 Å². The van der Waals surface area contributed by atoms with Gasteiger partial charge in [0.2, 0.25) is 0 Å². The molecule has 0 spiro atoms. The molecule has 6 heteroatoms. The molecule has 1 aromatic rings. The second-order valence-corrected chi connectivity index (χ2v) is 4.87. The normalized spacial score (nSPS) is 19.1. The summed E-state index contributed by atoms with van der Waals surface area (Å²) in [6.07, 6.45) is 2.12. The zero-order chi connectivity index (χ0) is 14.0. The molecule has 0 aliphatic carbocycles. The van der Waals surface area contributed by atoms with Crippen LogP contribution in [-0.4, -0.2) is 40.0 Å². The molecule has 6 nitrogen and oxygen atoms in total. The van der Waals surface area contributed by atoms with E-state index in [2.05, 4.69) is 0 Å². The molecule has 1 fully saturated rings. The summed E-state index contributed by atoms with van der Waals surface area (Å²) < 4.78 is 6.20. The molecule has 106 valence electrons. The van der Waals surface area contributed by atoms with Crippen LogP contribution in [0.5, 0.6) is 0 Å². The second kappa shape index (κ2) is 5.61. The minimum Gasteiger partial charge on any atom is -0.391 e. The number of nitrogens with zero attached hydrogens (tertiary/aromatic N) is 2. The Morgan fingerprint density at radius 3 is 2.74 bits per heavy atom. The van der Waals surface area contributed by atoms with Crippen LogP contribution in [0.1, 0.15) is 37.9 Å². The molecular formula is C13H20N2O4. The van der Waals surface area contributed by atoms with Gasteiger partial charge in [-0.1, -0.05) is 20.3 Å². The predicted molar refractivity (Wildman–Crippen MR) is 69.3 cm³/mol. The third kappa shape index (κ3) is 2.58. The molecule has 1 N–H and O–H groups in total. The number of rotatable bonds is 3. The summed E-state index contributed by atoms with van der Waals surface area (Å²) in [5.41, 5.74) is 0.815. The number of aromatic nitrogens is 1. The van der Waals surface area contributed by atoms with Gasteiger partial charge < -0.3 is 14.5 Å². The van der Waals surface area contributed by atoms with Gasteiger partial charge in [-0.05, 0) is 19.3 Å². The van der Waals surface area contributed by atoms with Crippen molar-refractivity contribution in [2.75, 3.05) is 13.1 Å². The number of hydrogen-bond acceptors (Lipinski definition) is 4. The van der Waals surface area contributed by atoms with Crippen LogP contribution in [0.2, 0.25) is 0 Å². The van der Waals surface area contributed by atoms with Crippen LogP contribution in [0, 0.1) is 0 Å². The Bertz CT molecular complexity index is 517. The SMILES string of the molecule is CCCc1c(CC)c(=O)on1C(=O)N1CCC(O)C1. The third-order valence-electron chi connectivity index (χ3n) is 3.46. The van der Waals surface area contributed by atoms with Gasteiger partial charge in [0.1, 0.15) is 0 Å². The number of carbonyl (C=O) groups is 1. The molecule has 0 radical (unpaired) electrons. The lowest BCUT2D eigenvalue weighted by Crippen LogP contribution is -2.34. The molecule has 1 aromatic heterocycles. The zero-order valence-electron chi connectivity index (χ0n) is 11.4. The Hall–Kier alpha value is -1.56. The van der Waals surface area contributed by atoms with Crippen LogP contribution in [-0.2, 0) is 12.8 Å². The maximum atomic E-state index is 12.3. The van der Waals surface area contributed by atoms with E-state index < -0.39 is 11.7 Å². The summed E-state index contributed by atoms with van der Waals surface area (Å²) >= 11 is 0. The fraction of sp³-hybridized carbons (Fsp3) is 0.692. The van der Waals surface area contributed by atoms with E-state index in [4.69, 9.17) is 4.52 Å². The zero-order valence-corrected chi connectivity index (χ0v) is 11.4. The minimum absolute atomic E-state index is 0.299. The standard InChI is InChI=1S/C13H20N2O4/c1-3-5-11-10(4-2)12(17)19-15(11)13(18)14-7-6-9(16)8-14/h9,16H,3-8H2,1-2H3. The first-order chi connectivity index (χ1) is 9.08. The van der Waals surface area contributed by atoms with Crippen molar-refractivity contribution in [1.82, 2.24) is 9.64 Å². The van der Waals surface area contributed by atoms with Crippen molar-refractivity contribution >= 4 is 6.03 Å². The molecule has 2 heterocycles. The van der Waals surface area contributed by atoms with Crippen LogP contribution in [0.15, 0.2) is 9.32 Å². The fourth-order valence-electron chi connectivity index (χ4n) is 2.47. The van der Waals surface area contributed by atoms with E-state index in [0.717, 1.165) is 11.2 Å². The van der Waals surface area contributed by atoms with Crippen LogP contribution in [0.3, 0.4) is 0 Å². The first-order valence-corrected chi connectivity index (χ1v) is 6.79. The Balaban J connectivity index is 2.33. The smallest absolute Gasteiger partial charge is 0.361 e. The van der Waals surface area contributed by atoms with E-state index in [1.807, 2.05) is 13.8 Å². The fourth-order valence-corrected chi connectivity index (χ4v) is 2.47. The molecule has 0 saturated carbocycles. The van der Waals surface area contributed by atoms with Gasteiger partial charge >= 0.3 is 11.7 Å². The maximum absolute atomic E-state index is 12.3. The summed E-state index contributed by atoms with van der Waals surface area (Å²) in [6.45, 7) is 4.66. The Morgan fingerprint density at radius 1 is 1.47 bits per heavy atom. The summed E-state index contributed by atoms with van der Waals surface area (Å²) in [4.78, 5) is 25.6. The predicted octanol–water partition coefficient (Wildman–Crippen LogP) is 0.991. The van der Waals surface area contributed by atoms with Crippen molar-refractivity contribution in [2.45, 2.75) is 45.6 Å². The highest BCUT2D eigenvalue weighted by Crippen LogP contribution is 2.15. The quantitative estimate of drug-likeness (QED) is 0.887. The van der Waals surface area contributed by atoms with Crippen molar-refractivity contribution in [3.8, 4) is 0 Å². The molecule has 19 heavy (non-hydrogen) atoms. The highest BCUT2D eigenvalue weighted by Gasteiger charge is 2.29. The van der Waals surface area contributed by atoms with E-state index in [9.17, 15) is 14.7 Å². The number of likely N-dealkylation sites (tertiary alicyclic amines) is 1. The molecular weight excluding hydrogens is 248 g/mol. The molecule has 0 bridgehead atoms. The highest BCUT2D eigenvalue weighted by atomic mass is 16.5. The van der Waals surface area contributed by atoms with Gasteiger partial charge in [-0.25, -0.2) is 9.59 Å². The van der Waals surface area contributed by atoms with Gasteiger partial charge in [0.25, 0.3) is 0 Å². The van der Waals surface area contributed by atoms with E-state index in [-0.39, 0.29) is 6.03 Å². The van der Waals surface area contributed by atoms with Crippen molar-refractivity contribution < 1.29 is 14.4 Å². The molecule has 1 saturated heterocycles. The maximum Gasteiger partial charge on any atom is 0.361 e. The van der Waals surface area contributed by atoms with Crippen LogP contribution in [0.4, 0.5) is 4.79 Å². The molecule has 1 aliphatic heterocycles. The third-order valence-corrected chi connectivity index (χ3v) is 3.46. The Kier molecular flexibility index (Phi) is 4.09. The van der Waals surface area contributed by atoms with Crippen LogP contribution in [0.25, 0.3) is 0 Å². The minimum atomic E-state index is -0.480. The van der Waals surface area contributed by atoms with Crippen molar-refractivity contribution in [3.63, 3.8) is 0 Å². The van der Waals surface area contributed by atoms with Gasteiger partial charge in [0.15, 0.2) is 0 Å². The monoisotopic (exact) mass is 268 g/mol. The second-order valence-electron chi connectivity index (χ2n) is 4.87. The van der Waals surface area contributed by atoms with Crippen molar-refractivity contribution in [2.24, 2.45) is 0 Å². The topological polar surface area (TPSA) is 75.7 Å². The summed E-state index contributed by atoms with van der Waals surface area (Å²) in [5.74, 6) is 0. The average Bonchev–Trinajstić information content (AvgIpc) is 2.93. The van der Waals surface area contributed by atoms with E-state index >= 15 is 0 Å². The lowest BCUT2D eigenvalue weighted by atomic mass is 10.1. The first-order valence-electron chi connectivity index (χ1n) is 6.79. The number of β-amino-alcohol motifs (C(OH)–C–C–N with tert-alkyl or cyclic N) is 1. The van der Waals surface area contributed by atoms with Crippen LogP contribution >= 0.6 is 0 Å². The molecule has 1 aliphatic rings. The summed E-state index contributed by atoms with van der Waals surface area (Å²) in [7, 11) is 0. The molecule has 1 unspecified atom stereocenters. The molecule has 0 aromatic carbocycles. The van der Waals surface area contributed by atoms with Gasteiger partial charge in [0.05, 0.1) is 17.4 Å². The summed E-state index contributed by atoms with van der Waals surface area (Å²) in [5, 5.41) is 9.48. The number of amides is 1. The number of aliphatic hydroxyl groups is 1. The van der Waals surface area contributed by atoms with Crippen molar-refractivity contribution in [1.29, 1.82) is 0 Å². The largest absolute Gasteiger partial charge is 0.391 e. The lowest BCUT2D eigenvalue weighted by molar-refractivity contribution is 0.155. The van der Waals surface area contributed by atoms with E-state index in [0.29, 0.717) is 43.6 Å². The van der Waals surface area contributed by atoms with Gasteiger partial charge in [-0.15, -0.1) is 4.74 Å². The Morgan fingerprint density at radius 2 is 2.21 bits per heavy atom. The highest BCUT2D eigenvalue weighted by molar-refractivity contribution is 5.76. The van der Waals surface area contributed by atoms with Gasteiger partial charge in [0, 0.05) is 13.1 Å². The van der Waals surface area contributed by atoms with E-state index in [1.54, 1.807) is 0 Å². The molecule has 2 rings (SSSR count). The number of aliphatic hydroxyl groups excluding tert-OH is 1. The number of hydrogen-bond donors (Lipinski definition) is 1. The molecule has 1 atom stereocenters. The number of carbonyl (C=O) groups excluding carboxylic acids is 1. The van der Waals surface area contributed by atoms with Crippen LogP contribution < -0.4 is 5.63 Å². The van der Waals surface area contributed by atoms with Crippen molar-refractivity contribution in [3.05, 3.63) is 21.7 Å². The average molecular weight is 268 g/mol. The summed E-state index contributed by atoms with van der Waals surface area (Å²) in [6, 6.07) is -0.350. The lowest BCUT2D eigenvalue weighted by Gasteiger charge is -2.16.